The predicted molar refractivity (Wildman–Crippen MR) is 83.1 cm³/mol. The van der Waals surface area contributed by atoms with Crippen molar-refractivity contribution in [2.75, 3.05) is 25.0 Å². The first-order valence-electron chi connectivity index (χ1n) is 7.50. The number of hydrogen-bond acceptors (Lipinski definition) is 3. The monoisotopic (exact) mass is 289 g/mol. The van der Waals surface area contributed by atoms with Gasteiger partial charge in [0.25, 0.3) is 0 Å². The molecule has 1 heterocycles. The number of hydrogen-bond donors (Lipinski definition) is 2. The van der Waals surface area contributed by atoms with Gasteiger partial charge >= 0.3 is 11.8 Å². The van der Waals surface area contributed by atoms with Gasteiger partial charge in [0.15, 0.2) is 0 Å². The normalized spacial score (nSPS) is 18.5. The molecule has 114 valence electrons. The fourth-order valence-corrected chi connectivity index (χ4v) is 2.73. The van der Waals surface area contributed by atoms with Gasteiger partial charge in [-0.1, -0.05) is 25.1 Å². The minimum Gasteiger partial charge on any atom is -0.346 e. The summed E-state index contributed by atoms with van der Waals surface area (Å²) in [5.74, 6) is -1.17. The number of anilines is 1. The van der Waals surface area contributed by atoms with Gasteiger partial charge in [-0.25, -0.2) is 0 Å². The van der Waals surface area contributed by atoms with Gasteiger partial charge in [0.1, 0.15) is 0 Å². The maximum Gasteiger partial charge on any atom is 0.313 e. The lowest BCUT2D eigenvalue weighted by molar-refractivity contribution is -0.136. The Morgan fingerprint density at radius 2 is 2.05 bits per heavy atom. The van der Waals surface area contributed by atoms with Crippen LogP contribution in [0.3, 0.4) is 0 Å². The zero-order chi connectivity index (χ0) is 15.2. The Labute approximate surface area is 125 Å². The third kappa shape index (κ3) is 4.04. The van der Waals surface area contributed by atoms with Crippen LogP contribution in [0.5, 0.6) is 0 Å². The molecule has 1 unspecified atom stereocenters. The van der Waals surface area contributed by atoms with Gasteiger partial charge in [0.05, 0.1) is 0 Å². The number of likely N-dealkylation sites (N-methyl/N-ethyl adjacent to an activating group) is 1. The van der Waals surface area contributed by atoms with E-state index in [9.17, 15) is 9.59 Å². The third-order valence-corrected chi connectivity index (χ3v) is 4.00. The van der Waals surface area contributed by atoms with Crippen LogP contribution < -0.4 is 10.6 Å². The number of carbonyl (C=O) groups excluding carboxylic acids is 2. The van der Waals surface area contributed by atoms with Crippen molar-refractivity contribution in [3.8, 4) is 0 Å². The number of nitrogens with one attached hydrogen (secondary N) is 2. The first-order chi connectivity index (χ1) is 10.1. The number of nitrogens with zero attached hydrogens (tertiary/aromatic N) is 1. The van der Waals surface area contributed by atoms with E-state index in [0.717, 1.165) is 31.5 Å². The molecule has 5 heteroatoms. The quantitative estimate of drug-likeness (QED) is 0.826. The first kappa shape index (κ1) is 15.5. The molecule has 2 N–H and O–H groups in total. The Kier molecular flexibility index (Phi) is 5.33. The fourth-order valence-electron chi connectivity index (χ4n) is 2.73. The van der Waals surface area contributed by atoms with Crippen molar-refractivity contribution in [1.82, 2.24) is 10.2 Å². The second kappa shape index (κ2) is 7.22. The van der Waals surface area contributed by atoms with Crippen molar-refractivity contribution < 1.29 is 9.59 Å². The van der Waals surface area contributed by atoms with E-state index in [0.29, 0.717) is 18.3 Å². The van der Waals surface area contributed by atoms with Gasteiger partial charge in [-0.05, 0) is 44.5 Å². The Bertz CT molecular complexity index is 516. The summed E-state index contributed by atoms with van der Waals surface area (Å²) in [7, 11) is 0. The van der Waals surface area contributed by atoms with Crippen LogP contribution in [0.4, 0.5) is 5.69 Å². The van der Waals surface area contributed by atoms with Crippen LogP contribution in [0.2, 0.25) is 0 Å². The Balaban J connectivity index is 1.83. The molecule has 0 aliphatic carbocycles. The van der Waals surface area contributed by atoms with Gasteiger partial charge in [0.2, 0.25) is 0 Å². The highest BCUT2D eigenvalue weighted by molar-refractivity contribution is 6.39. The summed E-state index contributed by atoms with van der Waals surface area (Å²) in [6, 6.07) is 7.76. The van der Waals surface area contributed by atoms with E-state index in [4.69, 9.17) is 0 Å². The minimum absolute atomic E-state index is 0.352. The van der Waals surface area contributed by atoms with Crippen LogP contribution in [0.15, 0.2) is 24.3 Å². The lowest BCUT2D eigenvalue weighted by atomic mass is 10.2. The summed E-state index contributed by atoms with van der Waals surface area (Å²) in [4.78, 5) is 26.1. The molecule has 21 heavy (non-hydrogen) atoms. The highest BCUT2D eigenvalue weighted by Crippen LogP contribution is 2.15. The predicted octanol–water partition coefficient (Wildman–Crippen LogP) is 1.53. The standard InChI is InChI=1S/C16H23N3O2/c1-3-19-10-6-8-13(19)11-17-15(20)16(21)18-14-9-5-4-7-12(14)2/h4-5,7,9,13H,3,6,8,10-11H2,1-2H3,(H,17,20)(H,18,21). The van der Waals surface area contributed by atoms with Gasteiger partial charge in [0, 0.05) is 18.3 Å². The number of rotatable bonds is 4. The highest BCUT2D eigenvalue weighted by atomic mass is 16.2. The number of amides is 2. The molecule has 2 rings (SSSR count). The van der Waals surface area contributed by atoms with E-state index in [1.807, 2.05) is 25.1 Å². The van der Waals surface area contributed by atoms with Gasteiger partial charge in [-0.15, -0.1) is 0 Å². The average molecular weight is 289 g/mol. The summed E-state index contributed by atoms with van der Waals surface area (Å²) in [6.45, 7) is 6.60. The number of likely N-dealkylation sites (tertiary alicyclic amines) is 1. The molecule has 1 aliphatic heterocycles. The Hall–Kier alpha value is -1.88. The minimum atomic E-state index is -0.606. The molecule has 1 aromatic carbocycles. The maximum atomic E-state index is 11.9. The van der Waals surface area contributed by atoms with E-state index < -0.39 is 11.8 Å². The zero-order valence-electron chi connectivity index (χ0n) is 12.7. The van der Waals surface area contributed by atoms with Crippen molar-refractivity contribution >= 4 is 17.5 Å². The molecule has 1 atom stereocenters. The van der Waals surface area contributed by atoms with Crippen molar-refractivity contribution in [1.29, 1.82) is 0 Å². The molecular formula is C16H23N3O2. The number of aryl methyl sites for hydroxylation is 1. The molecule has 1 aliphatic rings. The molecule has 2 amide bonds. The van der Waals surface area contributed by atoms with Crippen LogP contribution in [-0.4, -0.2) is 42.4 Å². The molecule has 0 aromatic heterocycles. The molecule has 5 nitrogen and oxygen atoms in total. The third-order valence-electron chi connectivity index (χ3n) is 4.00. The number of para-hydroxylation sites is 1. The van der Waals surface area contributed by atoms with E-state index in [1.165, 1.54) is 0 Å². The highest BCUT2D eigenvalue weighted by Gasteiger charge is 2.24. The Morgan fingerprint density at radius 1 is 1.29 bits per heavy atom. The van der Waals surface area contributed by atoms with Crippen molar-refractivity contribution in [2.45, 2.75) is 32.7 Å². The van der Waals surface area contributed by atoms with Gasteiger partial charge < -0.3 is 10.6 Å². The van der Waals surface area contributed by atoms with E-state index in [2.05, 4.69) is 22.5 Å². The van der Waals surface area contributed by atoms with Gasteiger partial charge in [-0.3, -0.25) is 14.5 Å². The molecule has 0 saturated carbocycles. The van der Waals surface area contributed by atoms with Crippen molar-refractivity contribution in [3.63, 3.8) is 0 Å². The molecule has 1 aromatic rings. The largest absolute Gasteiger partial charge is 0.346 e. The summed E-state index contributed by atoms with van der Waals surface area (Å²) in [5.41, 5.74) is 1.61. The first-order valence-corrected chi connectivity index (χ1v) is 7.50. The Morgan fingerprint density at radius 3 is 2.76 bits per heavy atom. The molecule has 0 bridgehead atoms. The van der Waals surface area contributed by atoms with Crippen LogP contribution in [0.25, 0.3) is 0 Å². The van der Waals surface area contributed by atoms with Crippen LogP contribution in [0, 0.1) is 6.92 Å². The lowest BCUT2D eigenvalue weighted by Gasteiger charge is -2.22. The van der Waals surface area contributed by atoms with E-state index in [1.54, 1.807) is 6.07 Å². The van der Waals surface area contributed by atoms with Crippen LogP contribution in [-0.2, 0) is 9.59 Å². The molecule has 1 saturated heterocycles. The second-order valence-electron chi connectivity index (χ2n) is 5.40. The number of benzene rings is 1. The summed E-state index contributed by atoms with van der Waals surface area (Å²) < 4.78 is 0. The SMILES string of the molecule is CCN1CCCC1CNC(=O)C(=O)Nc1ccccc1C. The molecule has 0 radical (unpaired) electrons. The zero-order valence-corrected chi connectivity index (χ0v) is 12.7. The summed E-state index contributed by atoms with van der Waals surface area (Å²) in [5, 5.41) is 5.38. The summed E-state index contributed by atoms with van der Waals surface area (Å²) in [6.07, 6.45) is 2.23. The smallest absolute Gasteiger partial charge is 0.313 e. The van der Waals surface area contributed by atoms with Gasteiger partial charge in [-0.2, -0.15) is 0 Å². The molecular weight excluding hydrogens is 266 g/mol. The topological polar surface area (TPSA) is 61.4 Å². The number of carbonyl (C=O) groups is 2. The van der Waals surface area contributed by atoms with E-state index in [-0.39, 0.29) is 0 Å². The average Bonchev–Trinajstić information content (AvgIpc) is 2.94. The maximum absolute atomic E-state index is 11.9. The molecule has 0 spiro atoms. The summed E-state index contributed by atoms with van der Waals surface area (Å²) >= 11 is 0. The van der Waals surface area contributed by atoms with E-state index >= 15 is 0 Å². The van der Waals surface area contributed by atoms with Crippen molar-refractivity contribution in [2.24, 2.45) is 0 Å². The fraction of sp³-hybridized carbons (Fsp3) is 0.500. The van der Waals surface area contributed by atoms with Crippen molar-refractivity contribution in [3.05, 3.63) is 29.8 Å². The van der Waals surface area contributed by atoms with Crippen LogP contribution in [0.1, 0.15) is 25.3 Å². The second-order valence-corrected chi connectivity index (χ2v) is 5.40. The lowest BCUT2D eigenvalue weighted by Crippen LogP contribution is -2.43. The van der Waals surface area contributed by atoms with Crippen LogP contribution >= 0.6 is 0 Å². The molecule has 1 fully saturated rings.